The molecule has 7 heteroatoms. The van der Waals surface area contributed by atoms with Crippen LogP contribution in [0.15, 0.2) is 66.2 Å². The van der Waals surface area contributed by atoms with Crippen LogP contribution in [0.1, 0.15) is 16.5 Å². The van der Waals surface area contributed by atoms with Crippen molar-refractivity contribution in [3.8, 4) is 5.88 Å². The first kappa shape index (κ1) is 18.9. The molecule has 3 rings (SSSR count). The van der Waals surface area contributed by atoms with E-state index < -0.39 is 0 Å². The monoisotopic (exact) mass is 383 g/mol. The number of hydrogen-bond donors (Lipinski definition) is 2. The number of methoxy groups -OCH3 is 1. The van der Waals surface area contributed by atoms with Crippen molar-refractivity contribution in [2.75, 3.05) is 25.6 Å². The van der Waals surface area contributed by atoms with Crippen LogP contribution in [0.2, 0.25) is 0 Å². The molecule has 0 saturated heterocycles. The molecule has 0 radical (unpaired) electrons. The van der Waals surface area contributed by atoms with Crippen LogP contribution in [-0.4, -0.2) is 31.3 Å². The molecular weight excluding hydrogens is 362 g/mol. The number of nitrogens with one attached hydrogen (secondary N) is 2. The summed E-state index contributed by atoms with van der Waals surface area (Å²) in [6.07, 6.45) is 1.56. The summed E-state index contributed by atoms with van der Waals surface area (Å²) in [5.41, 5.74) is 1.61. The summed E-state index contributed by atoms with van der Waals surface area (Å²) in [6.45, 7) is 0.921. The molecule has 2 heterocycles. The summed E-state index contributed by atoms with van der Waals surface area (Å²) in [7, 11) is 1.61. The Bertz CT molecular complexity index is 823. The maximum atomic E-state index is 12.5. The number of carbonyl (C=O) groups is 1. The quantitative estimate of drug-likeness (QED) is 0.575. The maximum absolute atomic E-state index is 12.5. The molecule has 0 spiro atoms. The fraction of sp³-hybridized carbons (Fsp3) is 0.200. The predicted octanol–water partition coefficient (Wildman–Crippen LogP) is 4.08. The van der Waals surface area contributed by atoms with Crippen LogP contribution in [0.5, 0.6) is 5.88 Å². The van der Waals surface area contributed by atoms with Crippen LogP contribution >= 0.6 is 11.3 Å². The third-order valence-corrected chi connectivity index (χ3v) is 4.70. The Balaban J connectivity index is 1.63. The highest BCUT2D eigenvalue weighted by Crippen LogP contribution is 2.26. The Kier molecular flexibility index (Phi) is 6.78. The van der Waals surface area contributed by atoms with E-state index in [1.807, 2.05) is 47.8 Å². The van der Waals surface area contributed by atoms with Crippen LogP contribution in [0.3, 0.4) is 0 Å². The molecule has 0 aliphatic carbocycles. The van der Waals surface area contributed by atoms with Crippen molar-refractivity contribution in [1.29, 1.82) is 0 Å². The van der Waals surface area contributed by atoms with Crippen LogP contribution in [0.25, 0.3) is 0 Å². The number of benzene rings is 1. The number of anilines is 1. The van der Waals surface area contributed by atoms with Crippen LogP contribution in [-0.2, 0) is 4.74 Å². The number of carbonyl (C=O) groups excluding carboxylic acids is 1. The van der Waals surface area contributed by atoms with Gasteiger partial charge in [0.2, 0.25) is 5.88 Å². The first-order chi connectivity index (χ1) is 13.3. The molecule has 2 amide bonds. The van der Waals surface area contributed by atoms with Crippen molar-refractivity contribution in [3.05, 3.63) is 76.6 Å². The number of nitrogens with zero attached hydrogens (tertiary/aromatic N) is 1. The molecule has 0 bridgehead atoms. The highest BCUT2D eigenvalue weighted by Gasteiger charge is 2.17. The van der Waals surface area contributed by atoms with E-state index in [-0.39, 0.29) is 12.1 Å². The largest absolute Gasteiger partial charge is 0.475 e. The Morgan fingerprint density at radius 3 is 2.63 bits per heavy atom. The van der Waals surface area contributed by atoms with Gasteiger partial charge in [0.15, 0.2) is 0 Å². The number of amides is 2. The number of aromatic nitrogens is 1. The van der Waals surface area contributed by atoms with Crippen molar-refractivity contribution in [3.63, 3.8) is 0 Å². The molecule has 3 aromatic rings. The fourth-order valence-electron chi connectivity index (χ4n) is 2.49. The summed E-state index contributed by atoms with van der Waals surface area (Å²) >= 11 is 1.60. The minimum atomic E-state index is -0.299. The van der Waals surface area contributed by atoms with Gasteiger partial charge < -0.3 is 20.1 Å². The standard InChI is InChI=1S/C20H21N3O3S/c1-25-11-12-26-18-10-9-16(14-21-18)22-20(24)23-19(17-8-5-13-27-17)15-6-3-2-4-7-15/h2-10,13-14,19H,11-12H2,1H3,(H2,22,23,24). The highest BCUT2D eigenvalue weighted by atomic mass is 32.1. The molecule has 1 atom stereocenters. The van der Waals surface area contributed by atoms with Gasteiger partial charge >= 0.3 is 6.03 Å². The van der Waals surface area contributed by atoms with Crippen LogP contribution < -0.4 is 15.4 Å². The fourth-order valence-corrected chi connectivity index (χ4v) is 3.29. The second-order valence-corrected chi connectivity index (χ2v) is 6.66. The second kappa shape index (κ2) is 9.70. The minimum absolute atomic E-state index is 0.212. The van der Waals surface area contributed by atoms with Gasteiger partial charge in [0, 0.05) is 18.1 Å². The molecule has 0 aliphatic rings. The Morgan fingerprint density at radius 2 is 1.96 bits per heavy atom. The lowest BCUT2D eigenvalue weighted by Gasteiger charge is -2.18. The highest BCUT2D eigenvalue weighted by molar-refractivity contribution is 7.10. The van der Waals surface area contributed by atoms with E-state index in [1.165, 1.54) is 0 Å². The summed E-state index contributed by atoms with van der Waals surface area (Å²) in [5, 5.41) is 7.83. The Hall–Kier alpha value is -2.90. The zero-order valence-electron chi connectivity index (χ0n) is 14.9. The van der Waals surface area contributed by atoms with E-state index in [1.54, 1.807) is 36.8 Å². The number of rotatable bonds is 8. The number of thiophene rings is 1. The molecule has 1 aromatic carbocycles. The van der Waals surface area contributed by atoms with Crippen molar-refractivity contribution in [2.45, 2.75) is 6.04 Å². The molecule has 140 valence electrons. The van der Waals surface area contributed by atoms with Crippen molar-refractivity contribution in [1.82, 2.24) is 10.3 Å². The molecule has 2 N–H and O–H groups in total. The van der Waals surface area contributed by atoms with Crippen molar-refractivity contribution in [2.24, 2.45) is 0 Å². The molecule has 0 saturated carbocycles. The van der Waals surface area contributed by atoms with Gasteiger partial charge in [-0.2, -0.15) is 0 Å². The van der Waals surface area contributed by atoms with Gasteiger partial charge in [0.25, 0.3) is 0 Å². The van der Waals surface area contributed by atoms with E-state index in [4.69, 9.17) is 9.47 Å². The third-order valence-electron chi connectivity index (χ3n) is 3.77. The second-order valence-electron chi connectivity index (χ2n) is 5.68. The van der Waals surface area contributed by atoms with E-state index in [9.17, 15) is 4.79 Å². The normalized spacial score (nSPS) is 11.6. The molecule has 1 unspecified atom stereocenters. The maximum Gasteiger partial charge on any atom is 0.320 e. The predicted molar refractivity (Wildman–Crippen MR) is 106 cm³/mol. The van der Waals surface area contributed by atoms with Crippen LogP contribution in [0, 0.1) is 0 Å². The van der Waals surface area contributed by atoms with Gasteiger partial charge in [-0.05, 0) is 23.1 Å². The van der Waals surface area contributed by atoms with E-state index in [0.29, 0.717) is 24.8 Å². The molecule has 2 aromatic heterocycles. The third kappa shape index (κ3) is 5.54. The van der Waals surface area contributed by atoms with Gasteiger partial charge in [-0.15, -0.1) is 11.3 Å². The first-order valence-corrected chi connectivity index (χ1v) is 9.38. The van der Waals surface area contributed by atoms with E-state index in [2.05, 4.69) is 15.6 Å². The Labute approximate surface area is 162 Å². The summed E-state index contributed by atoms with van der Waals surface area (Å²) in [6, 6.07) is 16.8. The average molecular weight is 383 g/mol. The topological polar surface area (TPSA) is 72.5 Å². The number of urea groups is 1. The SMILES string of the molecule is COCCOc1ccc(NC(=O)NC(c2ccccc2)c2cccs2)cn1. The van der Waals surface area contributed by atoms with Crippen LogP contribution in [0.4, 0.5) is 10.5 Å². The first-order valence-electron chi connectivity index (χ1n) is 8.50. The summed E-state index contributed by atoms with van der Waals surface area (Å²) in [5.74, 6) is 0.485. The molecule has 27 heavy (non-hydrogen) atoms. The molecule has 6 nitrogen and oxygen atoms in total. The van der Waals surface area contributed by atoms with E-state index in [0.717, 1.165) is 10.4 Å². The molecule has 0 aliphatic heterocycles. The smallest absolute Gasteiger partial charge is 0.320 e. The summed E-state index contributed by atoms with van der Waals surface area (Å²) in [4.78, 5) is 17.7. The average Bonchev–Trinajstić information content (AvgIpc) is 3.23. The lowest BCUT2D eigenvalue weighted by atomic mass is 10.1. The van der Waals surface area contributed by atoms with Gasteiger partial charge in [-0.25, -0.2) is 9.78 Å². The van der Waals surface area contributed by atoms with E-state index >= 15 is 0 Å². The molecular formula is C20H21N3O3S. The zero-order chi connectivity index (χ0) is 18.9. The van der Waals surface area contributed by atoms with Gasteiger partial charge in [-0.1, -0.05) is 36.4 Å². The molecule has 0 fully saturated rings. The van der Waals surface area contributed by atoms with Gasteiger partial charge in [0.05, 0.1) is 24.5 Å². The zero-order valence-corrected chi connectivity index (χ0v) is 15.7. The van der Waals surface area contributed by atoms with Gasteiger partial charge in [0.1, 0.15) is 6.61 Å². The van der Waals surface area contributed by atoms with Crippen molar-refractivity contribution >= 4 is 23.1 Å². The number of pyridine rings is 1. The lowest BCUT2D eigenvalue weighted by Crippen LogP contribution is -2.32. The minimum Gasteiger partial charge on any atom is -0.475 e. The summed E-state index contributed by atoms with van der Waals surface area (Å²) < 4.78 is 10.3. The Morgan fingerprint density at radius 1 is 1.11 bits per heavy atom. The number of hydrogen-bond acceptors (Lipinski definition) is 5. The van der Waals surface area contributed by atoms with Gasteiger partial charge in [-0.3, -0.25) is 0 Å². The number of ether oxygens (including phenoxy) is 2. The van der Waals surface area contributed by atoms with Crippen molar-refractivity contribution < 1.29 is 14.3 Å². The lowest BCUT2D eigenvalue weighted by molar-refractivity contribution is 0.144.